The molecular weight excluding hydrogens is 249 g/mol. The van der Waals surface area contributed by atoms with Crippen molar-refractivity contribution in [2.24, 2.45) is 0 Å². The van der Waals surface area contributed by atoms with Crippen LogP contribution in [0.25, 0.3) is 0 Å². The third-order valence-corrected chi connectivity index (χ3v) is 2.23. The van der Waals surface area contributed by atoms with E-state index in [0.717, 1.165) is 0 Å². The summed E-state index contributed by atoms with van der Waals surface area (Å²) in [6.07, 6.45) is 0. The van der Waals surface area contributed by atoms with Crippen LogP contribution in [0.2, 0.25) is 0 Å². The number of benzene rings is 1. The molecule has 3 nitrogen and oxygen atoms in total. The second kappa shape index (κ2) is 7.49. The summed E-state index contributed by atoms with van der Waals surface area (Å²) in [5, 5.41) is 1.47. The Morgan fingerprint density at radius 1 is 1.12 bits per heavy atom. The van der Waals surface area contributed by atoms with Gasteiger partial charge in [0.05, 0.1) is 5.56 Å². The average Bonchev–Trinajstić information content (AvgIpc) is 2.31. The van der Waals surface area contributed by atoms with E-state index in [1.165, 1.54) is 5.06 Å². The second-order valence-electron chi connectivity index (χ2n) is 3.05. The molecule has 0 unspecified atom stereocenters. The Balaban J connectivity index is 2.54. The van der Waals surface area contributed by atoms with Crippen molar-refractivity contribution in [2.75, 3.05) is 24.8 Å². The fourth-order valence-electron chi connectivity index (χ4n) is 1.14. The van der Waals surface area contributed by atoms with E-state index in [-0.39, 0.29) is 0 Å². The molecule has 0 amide bonds. The van der Waals surface area contributed by atoms with E-state index in [2.05, 4.69) is 0 Å². The largest absolute Gasteiger partial charge is 0.364 e. The molecule has 0 fully saturated rings. The molecule has 0 aliphatic carbocycles. The predicted molar refractivity (Wildman–Crippen MR) is 64.9 cm³/mol. The summed E-state index contributed by atoms with van der Waals surface area (Å²) in [7, 11) is 0. The first-order valence-electron chi connectivity index (χ1n) is 4.92. The van der Waals surface area contributed by atoms with Crippen molar-refractivity contribution in [3.05, 3.63) is 35.9 Å². The van der Waals surface area contributed by atoms with Crippen molar-refractivity contribution in [1.82, 2.24) is 5.06 Å². The highest BCUT2D eigenvalue weighted by atomic mass is 35.5. The molecule has 1 rings (SSSR count). The van der Waals surface area contributed by atoms with Gasteiger partial charge < -0.3 is 4.84 Å². The first kappa shape index (κ1) is 13.3. The molecule has 0 aliphatic rings. The minimum absolute atomic E-state index is 0.388. The quantitative estimate of drug-likeness (QED) is 0.582. The Bertz CT molecular complexity index is 313. The minimum Gasteiger partial charge on any atom is -0.364 e. The highest BCUT2D eigenvalue weighted by molar-refractivity contribution is 6.18. The van der Waals surface area contributed by atoms with Crippen molar-refractivity contribution in [2.45, 2.75) is 0 Å². The zero-order valence-corrected chi connectivity index (χ0v) is 10.2. The average molecular weight is 262 g/mol. The topological polar surface area (TPSA) is 29.5 Å². The Hall–Kier alpha value is -0.770. The molecule has 0 saturated carbocycles. The standard InChI is InChI=1S/C11H13Cl2NO2/c12-6-8-14(9-7-13)16-11(15)10-4-2-1-3-5-10/h1-5H,6-9H2. The van der Waals surface area contributed by atoms with Crippen LogP contribution in [0.15, 0.2) is 30.3 Å². The maximum absolute atomic E-state index is 11.7. The first-order valence-corrected chi connectivity index (χ1v) is 5.99. The Kier molecular flexibility index (Phi) is 6.23. The predicted octanol–water partition coefficient (Wildman–Crippen LogP) is 2.54. The van der Waals surface area contributed by atoms with Gasteiger partial charge in [0.1, 0.15) is 0 Å². The van der Waals surface area contributed by atoms with Gasteiger partial charge in [0.15, 0.2) is 0 Å². The molecule has 0 bridgehead atoms. The van der Waals surface area contributed by atoms with Crippen LogP contribution in [0.4, 0.5) is 0 Å². The molecule has 0 spiro atoms. The van der Waals surface area contributed by atoms with Crippen LogP contribution in [0, 0.1) is 0 Å². The van der Waals surface area contributed by atoms with Crippen molar-refractivity contribution in [3.8, 4) is 0 Å². The maximum Gasteiger partial charge on any atom is 0.357 e. The lowest BCUT2D eigenvalue weighted by Gasteiger charge is -2.18. The highest BCUT2D eigenvalue weighted by Crippen LogP contribution is 2.04. The van der Waals surface area contributed by atoms with Crippen LogP contribution in [-0.2, 0) is 4.84 Å². The minimum atomic E-state index is -0.393. The third kappa shape index (κ3) is 4.39. The lowest BCUT2D eigenvalue weighted by Crippen LogP contribution is -2.31. The van der Waals surface area contributed by atoms with Gasteiger partial charge in [-0.2, -0.15) is 0 Å². The number of hydrogen-bond acceptors (Lipinski definition) is 3. The molecular formula is C11H13Cl2NO2. The van der Waals surface area contributed by atoms with Crippen LogP contribution in [0.1, 0.15) is 10.4 Å². The molecule has 16 heavy (non-hydrogen) atoms. The van der Waals surface area contributed by atoms with E-state index < -0.39 is 5.97 Å². The third-order valence-electron chi connectivity index (χ3n) is 1.89. The summed E-state index contributed by atoms with van der Waals surface area (Å²) in [5.41, 5.74) is 0.511. The van der Waals surface area contributed by atoms with E-state index in [1.807, 2.05) is 6.07 Å². The number of hydroxylamine groups is 2. The van der Waals surface area contributed by atoms with E-state index in [1.54, 1.807) is 24.3 Å². The van der Waals surface area contributed by atoms with Gasteiger partial charge in [-0.05, 0) is 12.1 Å². The van der Waals surface area contributed by atoms with Gasteiger partial charge in [-0.25, -0.2) is 4.79 Å². The SMILES string of the molecule is O=C(ON(CCCl)CCCl)c1ccccc1. The van der Waals surface area contributed by atoms with Crippen LogP contribution in [0.3, 0.4) is 0 Å². The molecule has 0 atom stereocenters. The van der Waals surface area contributed by atoms with Gasteiger partial charge in [-0.15, -0.1) is 28.3 Å². The smallest absolute Gasteiger partial charge is 0.357 e. The molecule has 0 aromatic heterocycles. The van der Waals surface area contributed by atoms with Crippen LogP contribution in [0.5, 0.6) is 0 Å². The number of hydrogen-bond donors (Lipinski definition) is 0. The van der Waals surface area contributed by atoms with Gasteiger partial charge in [0.25, 0.3) is 0 Å². The summed E-state index contributed by atoms with van der Waals surface area (Å²) < 4.78 is 0. The van der Waals surface area contributed by atoms with E-state index in [9.17, 15) is 4.79 Å². The molecule has 88 valence electrons. The highest BCUT2D eigenvalue weighted by Gasteiger charge is 2.12. The number of alkyl halides is 2. The van der Waals surface area contributed by atoms with E-state index >= 15 is 0 Å². The number of nitrogens with zero attached hydrogens (tertiary/aromatic N) is 1. The fraction of sp³-hybridized carbons (Fsp3) is 0.364. The molecule has 1 aromatic rings. The molecule has 0 saturated heterocycles. The summed E-state index contributed by atoms with van der Waals surface area (Å²) >= 11 is 11.2. The van der Waals surface area contributed by atoms with Crippen molar-refractivity contribution < 1.29 is 9.63 Å². The zero-order chi connectivity index (χ0) is 11.8. The summed E-state index contributed by atoms with van der Waals surface area (Å²) in [5.74, 6) is 0.383. The lowest BCUT2D eigenvalue weighted by molar-refractivity contribution is -0.101. The maximum atomic E-state index is 11.7. The van der Waals surface area contributed by atoms with Gasteiger partial charge in [-0.3, -0.25) is 0 Å². The summed E-state index contributed by atoms with van der Waals surface area (Å²) in [4.78, 5) is 16.8. The van der Waals surface area contributed by atoms with Gasteiger partial charge in [0, 0.05) is 24.8 Å². The lowest BCUT2D eigenvalue weighted by atomic mass is 10.2. The van der Waals surface area contributed by atoms with Gasteiger partial charge in [0.2, 0.25) is 0 Å². The summed E-state index contributed by atoms with van der Waals surface area (Å²) in [6.45, 7) is 0.930. The molecule has 0 aliphatic heterocycles. The van der Waals surface area contributed by atoms with Crippen LogP contribution >= 0.6 is 23.2 Å². The molecule has 0 radical (unpaired) electrons. The molecule has 0 N–H and O–H groups in total. The number of halogens is 2. The first-order chi connectivity index (χ1) is 7.77. The number of carbonyl (C=O) groups excluding carboxylic acids is 1. The molecule has 0 heterocycles. The second-order valence-corrected chi connectivity index (χ2v) is 3.81. The van der Waals surface area contributed by atoms with Crippen molar-refractivity contribution in [1.29, 1.82) is 0 Å². The Morgan fingerprint density at radius 2 is 1.69 bits per heavy atom. The fourth-order valence-corrected chi connectivity index (χ4v) is 1.51. The van der Waals surface area contributed by atoms with Crippen molar-refractivity contribution >= 4 is 29.2 Å². The number of rotatable bonds is 6. The van der Waals surface area contributed by atoms with Crippen LogP contribution < -0.4 is 0 Å². The molecule has 5 heteroatoms. The summed E-state index contributed by atoms with van der Waals surface area (Å²) in [6, 6.07) is 8.80. The zero-order valence-electron chi connectivity index (χ0n) is 8.73. The normalized spacial score (nSPS) is 10.4. The van der Waals surface area contributed by atoms with E-state index in [0.29, 0.717) is 30.4 Å². The van der Waals surface area contributed by atoms with Crippen LogP contribution in [-0.4, -0.2) is 35.9 Å². The number of carbonyl (C=O) groups is 1. The monoisotopic (exact) mass is 261 g/mol. The van der Waals surface area contributed by atoms with Gasteiger partial charge >= 0.3 is 5.97 Å². The molecule has 1 aromatic carbocycles. The Labute approximate surface area is 105 Å². The van der Waals surface area contributed by atoms with E-state index in [4.69, 9.17) is 28.0 Å². The van der Waals surface area contributed by atoms with Gasteiger partial charge in [-0.1, -0.05) is 18.2 Å². The van der Waals surface area contributed by atoms with Crippen molar-refractivity contribution in [3.63, 3.8) is 0 Å². The Morgan fingerprint density at radius 3 is 2.19 bits per heavy atom.